The Kier molecular flexibility index (Phi) is 3.88. The molecule has 0 aliphatic carbocycles. The molecule has 112 valence electrons. The van der Waals surface area contributed by atoms with Gasteiger partial charge in [0.15, 0.2) is 5.16 Å². The highest BCUT2D eigenvalue weighted by Crippen LogP contribution is 2.23. The monoisotopic (exact) mass is 317 g/mol. The molecule has 2 aromatic heterocycles. The van der Waals surface area contributed by atoms with Crippen LogP contribution in [0.1, 0.15) is 5.82 Å². The predicted molar refractivity (Wildman–Crippen MR) is 82.2 cm³/mol. The molecule has 0 aliphatic heterocycles. The van der Waals surface area contributed by atoms with Crippen molar-refractivity contribution in [2.24, 2.45) is 0 Å². The van der Waals surface area contributed by atoms with Crippen LogP contribution in [0.5, 0.6) is 0 Å². The predicted octanol–water partition coefficient (Wildman–Crippen LogP) is 1.86. The fourth-order valence-electron chi connectivity index (χ4n) is 1.81. The first-order chi connectivity index (χ1) is 10.6. The number of halogens is 1. The minimum absolute atomic E-state index is 0.0922. The molecule has 1 aromatic carbocycles. The van der Waals surface area contributed by atoms with Crippen molar-refractivity contribution in [2.75, 3.05) is 11.5 Å². The van der Waals surface area contributed by atoms with Gasteiger partial charge in [-0.1, -0.05) is 11.8 Å². The number of benzene rings is 1. The van der Waals surface area contributed by atoms with Crippen LogP contribution in [0.15, 0.2) is 35.6 Å². The van der Waals surface area contributed by atoms with Crippen LogP contribution in [0.3, 0.4) is 0 Å². The summed E-state index contributed by atoms with van der Waals surface area (Å²) in [7, 11) is 0. The van der Waals surface area contributed by atoms with Crippen molar-refractivity contribution in [1.29, 1.82) is 0 Å². The zero-order valence-corrected chi connectivity index (χ0v) is 12.1. The number of thioether (sulfide) groups is 1. The summed E-state index contributed by atoms with van der Waals surface area (Å²) in [6.45, 7) is 0. The van der Waals surface area contributed by atoms with Gasteiger partial charge in [-0.05, 0) is 29.8 Å². The van der Waals surface area contributed by atoms with Crippen molar-refractivity contribution in [3.63, 3.8) is 0 Å². The smallest absolute Gasteiger partial charge is 0.225 e. The van der Waals surface area contributed by atoms with E-state index in [-0.39, 0.29) is 17.7 Å². The van der Waals surface area contributed by atoms with Gasteiger partial charge in [0.2, 0.25) is 11.9 Å². The molecule has 2 heterocycles. The minimum atomic E-state index is -0.275. The van der Waals surface area contributed by atoms with Gasteiger partial charge in [-0.15, -0.1) is 0 Å². The van der Waals surface area contributed by atoms with Crippen LogP contribution in [-0.4, -0.2) is 24.9 Å². The van der Waals surface area contributed by atoms with Crippen molar-refractivity contribution in [3.8, 4) is 11.3 Å². The van der Waals surface area contributed by atoms with Crippen molar-refractivity contribution >= 4 is 23.7 Å². The molecule has 5 N–H and O–H groups in total. The molecule has 0 spiro atoms. The van der Waals surface area contributed by atoms with Gasteiger partial charge < -0.3 is 16.5 Å². The molecular formula is C13H12FN7S. The number of hydrogen-bond donors (Lipinski definition) is 3. The lowest BCUT2D eigenvalue weighted by molar-refractivity contribution is 0.628. The highest BCUT2D eigenvalue weighted by atomic mass is 32.2. The van der Waals surface area contributed by atoms with E-state index in [0.717, 1.165) is 11.3 Å². The van der Waals surface area contributed by atoms with Crippen molar-refractivity contribution in [3.05, 3.63) is 42.1 Å². The minimum Gasteiger partial charge on any atom is -0.368 e. The molecule has 0 atom stereocenters. The van der Waals surface area contributed by atoms with Gasteiger partial charge in [-0.25, -0.2) is 9.37 Å². The molecule has 0 saturated carbocycles. The van der Waals surface area contributed by atoms with Gasteiger partial charge in [-0.3, -0.25) is 0 Å². The van der Waals surface area contributed by atoms with Crippen molar-refractivity contribution in [1.82, 2.24) is 24.9 Å². The Bertz CT molecular complexity index is 767. The largest absolute Gasteiger partial charge is 0.368 e. The first-order valence-electron chi connectivity index (χ1n) is 6.30. The van der Waals surface area contributed by atoms with E-state index < -0.39 is 0 Å². The highest BCUT2D eigenvalue weighted by Gasteiger charge is 2.07. The maximum absolute atomic E-state index is 12.9. The second-order valence-electron chi connectivity index (χ2n) is 4.37. The van der Waals surface area contributed by atoms with E-state index in [4.69, 9.17) is 11.5 Å². The number of H-pyrrole nitrogens is 1. The summed E-state index contributed by atoms with van der Waals surface area (Å²) in [4.78, 5) is 19.1. The Balaban J connectivity index is 1.70. The third kappa shape index (κ3) is 3.31. The molecule has 22 heavy (non-hydrogen) atoms. The Morgan fingerprint density at radius 3 is 2.41 bits per heavy atom. The number of aromatic nitrogens is 5. The van der Waals surface area contributed by atoms with Crippen LogP contribution < -0.4 is 11.5 Å². The summed E-state index contributed by atoms with van der Waals surface area (Å²) >= 11 is 1.40. The summed E-state index contributed by atoms with van der Waals surface area (Å²) in [5, 5.41) is 0.692. The molecule has 3 aromatic rings. The summed E-state index contributed by atoms with van der Waals surface area (Å²) in [6, 6.07) is 6.17. The average Bonchev–Trinajstić information content (AvgIpc) is 2.94. The topological polar surface area (TPSA) is 119 Å². The van der Waals surface area contributed by atoms with E-state index in [9.17, 15) is 4.39 Å². The van der Waals surface area contributed by atoms with E-state index in [1.54, 1.807) is 18.3 Å². The summed E-state index contributed by atoms with van der Waals surface area (Å²) in [6.07, 6.45) is 1.69. The number of aromatic amines is 1. The van der Waals surface area contributed by atoms with E-state index in [0.29, 0.717) is 16.7 Å². The zero-order valence-electron chi connectivity index (χ0n) is 11.3. The fourth-order valence-corrected chi connectivity index (χ4v) is 2.51. The molecule has 0 radical (unpaired) electrons. The Morgan fingerprint density at radius 1 is 1.05 bits per heavy atom. The standard InChI is InChI=1S/C13H12FN7S/c14-8-3-1-7(2-4-8)9-5-17-13(18-9)22-6-10-19-11(15)21-12(16)20-10/h1-5H,6H2,(H,17,18)(H4,15,16,19,20,21). The number of nitrogens with two attached hydrogens (primary N) is 2. The molecule has 7 nitrogen and oxygen atoms in total. The normalized spacial score (nSPS) is 10.8. The number of hydrogen-bond acceptors (Lipinski definition) is 7. The number of rotatable bonds is 4. The molecule has 0 saturated heterocycles. The lowest BCUT2D eigenvalue weighted by Crippen LogP contribution is -2.05. The number of nitrogens with zero attached hydrogens (tertiary/aromatic N) is 4. The van der Waals surface area contributed by atoms with Crippen molar-refractivity contribution in [2.45, 2.75) is 10.9 Å². The van der Waals surface area contributed by atoms with Gasteiger partial charge in [0, 0.05) is 0 Å². The lowest BCUT2D eigenvalue weighted by atomic mass is 10.2. The van der Waals surface area contributed by atoms with Gasteiger partial charge >= 0.3 is 0 Å². The summed E-state index contributed by atoms with van der Waals surface area (Å²) < 4.78 is 12.9. The second-order valence-corrected chi connectivity index (χ2v) is 5.33. The molecule has 0 amide bonds. The van der Waals surface area contributed by atoms with Crippen LogP contribution in [0.2, 0.25) is 0 Å². The van der Waals surface area contributed by atoms with Crippen LogP contribution in [0.4, 0.5) is 16.3 Å². The van der Waals surface area contributed by atoms with Crippen LogP contribution in [0.25, 0.3) is 11.3 Å². The summed E-state index contributed by atoms with van der Waals surface area (Å²) in [5.74, 6) is 0.842. The quantitative estimate of drug-likeness (QED) is 0.628. The van der Waals surface area contributed by atoms with Crippen LogP contribution in [0, 0.1) is 5.82 Å². The van der Waals surface area contributed by atoms with Crippen molar-refractivity contribution < 1.29 is 4.39 Å². The zero-order chi connectivity index (χ0) is 15.5. The molecular weight excluding hydrogens is 305 g/mol. The summed E-state index contributed by atoms with van der Waals surface area (Å²) in [5.41, 5.74) is 12.7. The molecule has 0 unspecified atom stereocenters. The number of nitrogens with one attached hydrogen (secondary N) is 1. The van der Waals surface area contributed by atoms with Gasteiger partial charge in [-0.2, -0.15) is 15.0 Å². The number of nitrogen functional groups attached to an aromatic ring is 2. The average molecular weight is 317 g/mol. The fraction of sp³-hybridized carbons (Fsp3) is 0.0769. The number of anilines is 2. The van der Waals surface area contributed by atoms with E-state index in [1.165, 1.54) is 23.9 Å². The third-order valence-corrected chi connectivity index (χ3v) is 3.65. The number of imidazole rings is 1. The Hall–Kier alpha value is -2.68. The van der Waals surface area contributed by atoms with Crippen LogP contribution >= 0.6 is 11.8 Å². The highest BCUT2D eigenvalue weighted by molar-refractivity contribution is 7.98. The third-order valence-electron chi connectivity index (χ3n) is 2.76. The molecule has 0 aliphatic rings. The van der Waals surface area contributed by atoms with E-state index >= 15 is 0 Å². The molecule has 0 fully saturated rings. The maximum atomic E-state index is 12.9. The maximum Gasteiger partial charge on any atom is 0.225 e. The van der Waals surface area contributed by atoms with E-state index in [2.05, 4.69) is 24.9 Å². The Morgan fingerprint density at radius 2 is 1.73 bits per heavy atom. The molecule has 9 heteroatoms. The van der Waals surface area contributed by atoms with Crippen LogP contribution in [-0.2, 0) is 5.75 Å². The SMILES string of the molecule is Nc1nc(N)nc(CSc2ncc(-c3ccc(F)cc3)[nH]2)n1. The first-order valence-corrected chi connectivity index (χ1v) is 7.28. The lowest BCUT2D eigenvalue weighted by Gasteiger charge is -2.00. The van der Waals surface area contributed by atoms with Gasteiger partial charge in [0.25, 0.3) is 0 Å². The first kappa shape index (κ1) is 14.3. The van der Waals surface area contributed by atoms with E-state index in [1.807, 2.05) is 0 Å². The molecule has 3 rings (SSSR count). The van der Waals surface area contributed by atoms with Gasteiger partial charge in [0.1, 0.15) is 11.6 Å². The second kappa shape index (κ2) is 5.98. The van der Waals surface area contributed by atoms with Gasteiger partial charge in [0.05, 0.1) is 17.6 Å². The Labute approximate surface area is 129 Å². The molecule has 0 bridgehead atoms.